The van der Waals surface area contributed by atoms with Crippen LogP contribution in [0.15, 0.2) is 0 Å². The van der Waals surface area contributed by atoms with Crippen molar-refractivity contribution in [2.45, 2.75) is 78.8 Å². The molecule has 0 amide bonds. The minimum absolute atomic E-state index is 0.441. The Balaban J connectivity index is 5.87. The normalized spacial score (nSPS) is 22.3. The molecule has 0 fully saturated rings. The predicted octanol–water partition coefficient (Wildman–Crippen LogP) is 1.32. The highest BCUT2D eigenvalue weighted by Gasteiger charge is 2.54. The van der Waals surface area contributed by atoms with E-state index < -0.39 is 47.5 Å². The summed E-state index contributed by atoms with van der Waals surface area (Å²) in [6, 6.07) is 0. The Bertz CT molecular complexity index is 299. The van der Waals surface area contributed by atoms with Crippen LogP contribution in [0.3, 0.4) is 0 Å². The van der Waals surface area contributed by atoms with Gasteiger partial charge in [0.1, 0.15) is 12.2 Å². The van der Waals surface area contributed by atoms with Crippen LogP contribution in [0.5, 0.6) is 0 Å². The van der Waals surface area contributed by atoms with E-state index in [1.807, 2.05) is 41.5 Å². The van der Waals surface area contributed by atoms with Gasteiger partial charge in [0.25, 0.3) is 0 Å². The van der Waals surface area contributed by atoms with Crippen molar-refractivity contribution in [3.05, 3.63) is 0 Å². The molecule has 0 bridgehead atoms. The number of ether oxygens (including phenoxy) is 1. The van der Waals surface area contributed by atoms with E-state index in [4.69, 9.17) is 4.74 Å². The zero-order chi connectivity index (χ0) is 17.3. The third-order valence-electron chi connectivity index (χ3n) is 5.02. The molecule has 4 atom stereocenters. The number of hydrogen-bond donors (Lipinski definition) is 4. The van der Waals surface area contributed by atoms with Crippen LogP contribution in [0.25, 0.3) is 0 Å². The van der Waals surface area contributed by atoms with Crippen molar-refractivity contribution in [1.82, 2.24) is 0 Å². The van der Waals surface area contributed by atoms with Crippen molar-refractivity contribution in [3.8, 4) is 0 Å². The maximum atomic E-state index is 10.3. The number of rotatable bonds is 6. The van der Waals surface area contributed by atoms with Gasteiger partial charge in [-0.05, 0) is 24.7 Å². The summed E-state index contributed by atoms with van der Waals surface area (Å²) in [6.45, 7) is 14.0. The molecular weight excluding hydrogens is 272 g/mol. The van der Waals surface area contributed by atoms with Crippen molar-refractivity contribution in [2.75, 3.05) is 13.2 Å². The molecule has 128 valence electrons. The van der Waals surface area contributed by atoms with Crippen LogP contribution < -0.4 is 0 Å². The SMILES string of the molecule is CC(C)(C)C(C)(OC(C)(C(O)CO)C(C)(C)C)C(O)CO. The average molecular weight is 306 g/mol. The average Bonchev–Trinajstić information content (AvgIpc) is 2.33. The lowest BCUT2D eigenvalue weighted by Gasteiger charge is -2.54. The first-order chi connectivity index (χ1) is 9.17. The zero-order valence-corrected chi connectivity index (χ0v) is 14.8. The second-order valence-corrected chi connectivity index (χ2v) is 8.21. The first-order valence-electron chi connectivity index (χ1n) is 7.45. The van der Waals surface area contributed by atoms with Gasteiger partial charge < -0.3 is 25.2 Å². The van der Waals surface area contributed by atoms with Crippen LogP contribution in [0.1, 0.15) is 55.4 Å². The molecule has 0 aromatic carbocycles. The fourth-order valence-corrected chi connectivity index (χ4v) is 2.23. The first-order valence-corrected chi connectivity index (χ1v) is 7.45. The summed E-state index contributed by atoms with van der Waals surface area (Å²) in [5.41, 5.74) is -3.17. The van der Waals surface area contributed by atoms with Gasteiger partial charge in [0.05, 0.1) is 24.4 Å². The Morgan fingerprint density at radius 3 is 1.05 bits per heavy atom. The van der Waals surface area contributed by atoms with Gasteiger partial charge in [0.15, 0.2) is 0 Å². The van der Waals surface area contributed by atoms with E-state index in [1.54, 1.807) is 13.8 Å². The highest BCUT2D eigenvalue weighted by molar-refractivity contribution is 5.02. The van der Waals surface area contributed by atoms with Crippen molar-refractivity contribution < 1.29 is 25.2 Å². The molecule has 0 rings (SSSR count). The summed E-state index contributed by atoms with van der Waals surface area (Å²) in [5.74, 6) is 0. The molecule has 4 unspecified atom stereocenters. The number of aliphatic hydroxyl groups excluding tert-OH is 4. The van der Waals surface area contributed by atoms with E-state index in [0.717, 1.165) is 0 Å². The van der Waals surface area contributed by atoms with Crippen LogP contribution in [-0.4, -0.2) is 57.0 Å². The van der Waals surface area contributed by atoms with Crippen molar-refractivity contribution in [3.63, 3.8) is 0 Å². The molecule has 0 aliphatic heterocycles. The third-order valence-corrected chi connectivity index (χ3v) is 5.02. The summed E-state index contributed by atoms with van der Waals surface area (Å²) in [6.07, 6.45) is -2.21. The summed E-state index contributed by atoms with van der Waals surface area (Å²) in [5, 5.41) is 39.3. The number of hydrogen-bond acceptors (Lipinski definition) is 5. The Kier molecular flexibility index (Phi) is 6.44. The quantitative estimate of drug-likeness (QED) is 0.594. The van der Waals surface area contributed by atoms with Gasteiger partial charge in [-0.2, -0.15) is 0 Å². The van der Waals surface area contributed by atoms with Crippen molar-refractivity contribution in [2.24, 2.45) is 10.8 Å². The molecule has 5 heteroatoms. The van der Waals surface area contributed by atoms with Gasteiger partial charge in [-0.15, -0.1) is 0 Å². The molecule has 0 heterocycles. The maximum Gasteiger partial charge on any atom is 0.106 e. The van der Waals surface area contributed by atoms with E-state index in [0.29, 0.717) is 0 Å². The minimum atomic E-state index is -1.11. The smallest absolute Gasteiger partial charge is 0.106 e. The first kappa shape index (κ1) is 20.8. The molecule has 0 radical (unpaired) electrons. The fraction of sp³-hybridized carbons (Fsp3) is 1.00. The van der Waals surface area contributed by atoms with Gasteiger partial charge in [-0.25, -0.2) is 0 Å². The van der Waals surface area contributed by atoms with Gasteiger partial charge in [0.2, 0.25) is 0 Å². The Hall–Kier alpha value is -0.200. The fourth-order valence-electron chi connectivity index (χ4n) is 2.23. The molecule has 0 saturated heterocycles. The highest BCUT2D eigenvalue weighted by Crippen LogP contribution is 2.46. The largest absolute Gasteiger partial charge is 0.394 e. The van der Waals surface area contributed by atoms with Crippen LogP contribution >= 0.6 is 0 Å². The summed E-state index contributed by atoms with van der Waals surface area (Å²) in [4.78, 5) is 0. The van der Waals surface area contributed by atoms with E-state index in [1.165, 1.54) is 0 Å². The highest BCUT2D eigenvalue weighted by atomic mass is 16.6. The molecule has 0 aromatic heterocycles. The summed E-state index contributed by atoms with van der Waals surface area (Å²) in [7, 11) is 0. The van der Waals surface area contributed by atoms with Gasteiger partial charge in [0, 0.05) is 0 Å². The lowest BCUT2D eigenvalue weighted by Crippen LogP contribution is -2.64. The second-order valence-electron chi connectivity index (χ2n) is 8.21. The molecule has 0 saturated carbocycles. The molecule has 0 aliphatic carbocycles. The Labute approximate surface area is 129 Å². The standard InChI is InChI=1S/C16H34O5/c1-13(2,3)15(7,11(19)9-17)21-16(8,12(20)10-18)14(4,5)6/h11-12,17-20H,9-10H2,1-8H3. The Morgan fingerprint density at radius 2 is 0.905 bits per heavy atom. The summed E-state index contributed by atoms with van der Waals surface area (Å²) >= 11 is 0. The maximum absolute atomic E-state index is 10.3. The van der Waals surface area contributed by atoms with E-state index in [9.17, 15) is 20.4 Å². The topological polar surface area (TPSA) is 90.2 Å². The van der Waals surface area contributed by atoms with Crippen molar-refractivity contribution in [1.29, 1.82) is 0 Å². The molecule has 5 nitrogen and oxygen atoms in total. The van der Waals surface area contributed by atoms with Crippen LogP contribution in [0.4, 0.5) is 0 Å². The molecule has 0 spiro atoms. The van der Waals surface area contributed by atoms with E-state index in [-0.39, 0.29) is 0 Å². The molecule has 4 N–H and O–H groups in total. The van der Waals surface area contributed by atoms with E-state index in [2.05, 4.69) is 0 Å². The predicted molar refractivity (Wildman–Crippen MR) is 83.0 cm³/mol. The zero-order valence-electron chi connectivity index (χ0n) is 14.8. The van der Waals surface area contributed by atoms with Crippen LogP contribution in [-0.2, 0) is 4.74 Å². The van der Waals surface area contributed by atoms with Gasteiger partial charge >= 0.3 is 0 Å². The van der Waals surface area contributed by atoms with Crippen LogP contribution in [0.2, 0.25) is 0 Å². The lowest BCUT2D eigenvalue weighted by atomic mass is 9.70. The molecule has 0 aromatic rings. The summed E-state index contributed by atoms with van der Waals surface area (Å²) < 4.78 is 6.24. The monoisotopic (exact) mass is 306 g/mol. The molecule has 21 heavy (non-hydrogen) atoms. The van der Waals surface area contributed by atoms with Crippen molar-refractivity contribution >= 4 is 0 Å². The minimum Gasteiger partial charge on any atom is -0.394 e. The second kappa shape index (κ2) is 6.50. The van der Waals surface area contributed by atoms with Crippen LogP contribution in [0, 0.1) is 10.8 Å². The molecular formula is C16H34O5. The Morgan fingerprint density at radius 1 is 0.667 bits per heavy atom. The number of aliphatic hydroxyl groups is 4. The van der Waals surface area contributed by atoms with Gasteiger partial charge in [-0.1, -0.05) is 41.5 Å². The third kappa shape index (κ3) is 3.96. The lowest BCUT2D eigenvalue weighted by molar-refractivity contribution is -0.289. The van der Waals surface area contributed by atoms with E-state index >= 15 is 0 Å². The van der Waals surface area contributed by atoms with Gasteiger partial charge in [-0.3, -0.25) is 0 Å². The molecule has 0 aliphatic rings.